The maximum Gasteiger partial charge on any atom is 0.330 e. The topological polar surface area (TPSA) is 46.6 Å². The van der Waals surface area contributed by atoms with Crippen molar-refractivity contribution >= 4 is 11.9 Å². The van der Waals surface area contributed by atoms with Crippen molar-refractivity contribution < 1.29 is 14.3 Å². The highest BCUT2D eigenvalue weighted by molar-refractivity contribution is 5.98. The number of ether oxygens (including phenoxy) is 1. The quantitative estimate of drug-likeness (QED) is 0.795. The fourth-order valence-electron chi connectivity index (χ4n) is 2.44. The van der Waals surface area contributed by atoms with Gasteiger partial charge in [0.25, 0.3) is 5.91 Å². The minimum Gasteiger partial charge on any atom is -0.435 e. The number of hydrogen-bond donors (Lipinski definition) is 0. The van der Waals surface area contributed by atoms with E-state index in [9.17, 15) is 9.59 Å². The van der Waals surface area contributed by atoms with Gasteiger partial charge in [0, 0.05) is 11.1 Å². The van der Waals surface area contributed by atoms with Crippen LogP contribution < -0.4 is 0 Å². The highest BCUT2D eigenvalue weighted by atomic mass is 16.6. The van der Waals surface area contributed by atoms with E-state index in [1.165, 1.54) is 4.90 Å². The molecule has 21 heavy (non-hydrogen) atoms. The predicted molar refractivity (Wildman–Crippen MR) is 77.3 cm³/mol. The normalized spacial score (nSPS) is 21.2. The van der Waals surface area contributed by atoms with Crippen LogP contribution >= 0.6 is 0 Å². The van der Waals surface area contributed by atoms with Crippen molar-refractivity contribution in [2.45, 2.75) is 19.2 Å². The minimum absolute atomic E-state index is 0.206. The number of carbonyl (C=O) groups excluding carboxylic acids is 2. The summed E-state index contributed by atoms with van der Waals surface area (Å²) in [6, 6.07) is 17.6. The lowest BCUT2D eigenvalue weighted by Crippen LogP contribution is -2.37. The summed E-state index contributed by atoms with van der Waals surface area (Å²) in [6.45, 7) is 1.69. The van der Waals surface area contributed by atoms with Gasteiger partial charge in [-0.1, -0.05) is 48.5 Å². The molecule has 1 saturated heterocycles. The molecule has 1 aliphatic heterocycles. The molecule has 4 heteroatoms. The van der Waals surface area contributed by atoms with E-state index in [0.29, 0.717) is 5.56 Å². The van der Waals surface area contributed by atoms with Gasteiger partial charge < -0.3 is 4.74 Å². The van der Waals surface area contributed by atoms with Crippen LogP contribution in [0.25, 0.3) is 0 Å². The number of hydrogen-bond acceptors (Lipinski definition) is 3. The van der Waals surface area contributed by atoms with Crippen LogP contribution in [-0.2, 0) is 9.53 Å². The second-order valence-corrected chi connectivity index (χ2v) is 4.95. The average molecular weight is 281 g/mol. The van der Waals surface area contributed by atoms with Crippen molar-refractivity contribution in [3.8, 4) is 0 Å². The third kappa shape index (κ3) is 2.40. The summed E-state index contributed by atoms with van der Waals surface area (Å²) >= 11 is 0. The fraction of sp³-hybridized carbons (Fsp3) is 0.176. The van der Waals surface area contributed by atoms with Crippen molar-refractivity contribution in [1.82, 2.24) is 4.90 Å². The third-order valence-corrected chi connectivity index (χ3v) is 3.58. The molecule has 0 N–H and O–H groups in total. The SMILES string of the molecule is C[C@@H]1C(=O)O[C@H](c2ccccc2)N1C(=O)c1ccccc1. The molecule has 1 fully saturated rings. The van der Waals surface area contributed by atoms with Gasteiger partial charge in [0.05, 0.1) is 0 Å². The van der Waals surface area contributed by atoms with Gasteiger partial charge in [-0.3, -0.25) is 9.69 Å². The smallest absolute Gasteiger partial charge is 0.330 e. The van der Waals surface area contributed by atoms with Crippen LogP contribution in [0.2, 0.25) is 0 Å². The number of benzene rings is 2. The van der Waals surface area contributed by atoms with Gasteiger partial charge in [0.15, 0.2) is 0 Å². The van der Waals surface area contributed by atoms with Crippen molar-refractivity contribution in [3.63, 3.8) is 0 Å². The van der Waals surface area contributed by atoms with Crippen LogP contribution in [0.5, 0.6) is 0 Å². The molecule has 2 aromatic carbocycles. The Kier molecular flexibility index (Phi) is 3.44. The molecule has 106 valence electrons. The maximum atomic E-state index is 12.7. The highest BCUT2D eigenvalue weighted by Crippen LogP contribution is 2.32. The average Bonchev–Trinajstić information content (AvgIpc) is 2.84. The molecule has 0 spiro atoms. The highest BCUT2D eigenvalue weighted by Gasteiger charge is 2.43. The van der Waals surface area contributed by atoms with E-state index in [1.54, 1.807) is 31.2 Å². The number of esters is 1. The Labute approximate surface area is 123 Å². The largest absolute Gasteiger partial charge is 0.435 e. The molecular formula is C17H15NO3. The van der Waals surface area contributed by atoms with Crippen LogP contribution in [0.15, 0.2) is 60.7 Å². The molecule has 3 rings (SSSR count). The van der Waals surface area contributed by atoms with Crippen LogP contribution in [-0.4, -0.2) is 22.8 Å². The lowest BCUT2D eigenvalue weighted by atomic mass is 10.1. The number of nitrogens with zero attached hydrogens (tertiary/aromatic N) is 1. The Balaban J connectivity index is 1.97. The molecule has 2 atom stereocenters. The number of rotatable bonds is 2. The first kappa shape index (κ1) is 13.4. The summed E-state index contributed by atoms with van der Waals surface area (Å²) in [7, 11) is 0. The maximum absolute atomic E-state index is 12.7. The fourth-order valence-corrected chi connectivity index (χ4v) is 2.44. The number of cyclic esters (lactones) is 1. The standard InChI is InChI=1S/C17H15NO3/c1-12-17(20)21-16(14-10-6-3-7-11-14)18(12)15(19)13-8-4-2-5-9-13/h2-12,16H,1H3/t12-,16-/m1/s1. The second kappa shape index (κ2) is 5.40. The molecule has 0 unspecified atom stereocenters. The lowest BCUT2D eigenvalue weighted by molar-refractivity contribution is -0.142. The monoisotopic (exact) mass is 281 g/mol. The van der Waals surface area contributed by atoms with Crippen molar-refractivity contribution in [2.24, 2.45) is 0 Å². The van der Waals surface area contributed by atoms with E-state index in [4.69, 9.17) is 4.74 Å². The van der Waals surface area contributed by atoms with Crippen molar-refractivity contribution in [2.75, 3.05) is 0 Å². The zero-order valence-corrected chi connectivity index (χ0v) is 11.6. The molecule has 1 amide bonds. The third-order valence-electron chi connectivity index (χ3n) is 3.58. The van der Waals surface area contributed by atoms with Gasteiger partial charge in [0.1, 0.15) is 6.04 Å². The van der Waals surface area contributed by atoms with E-state index in [-0.39, 0.29) is 11.9 Å². The molecule has 0 aliphatic carbocycles. The van der Waals surface area contributed by atoms with Gasteiger partial charge in [-0.15, -0.1) is 0 Å². The van der Waals surface area contributed by atoms with Crippen molar-refractivity contribution in [1.29, 1.82) is 0 Å². The number of carbonyl (C=O) groups is 2. The van der Waals surface area contributed by atoms with Gasteiger partial charge in [-0.25, -0.2) is 4.79 Å². The van der Waals surface area contributed by atoms with Crippen LogP contribution in [0.3, 0.4) is 0 Å². The van der Waals surface area contributed by atoms with Gasteiger partial charge >= 0.3 is 5.97 Å². The molecule has 1 heterocycles. The first-order valence-electron chi connectivity index (χ1n) is 6.81. The zero-order chi connectivity index (χ0) is 14.8. The van der Waals surface area contributed by atoms with E-state index in [0.717, 1.165) is 5.56 Å². The molecule has 4 nitrogen and oxygen atoms in total. The number of amides is 1. The first-order valence-corrected chi connectivity index (χ1v) is 6.81. The van der Waals surface area contributed by atoms with Crippen molar-refractivity contribution in [3.05, 3.63) is 71.8 Å². The molecule has 0 radical (unpaired) electrons. The summed E-state index contributed by atoms with van der Waals surface area (Å²) in [6.07, 6.45) is -0.665. The van der Waals surface area contributed by atoms with E-state index in [1.807, 2.05) is 36.4 Å². The zero-order valence-electron chi connectivity index (χ0n) is 11.6. The Bertz CT molecular complexity index is 654. The minimum atomic E-state index is -0.665. The Hall–Kier alpha value is -2.62. The first-order chi connectivity index (χ1) is 10.2. The Morgan fingerprint density at radius 2 is 1.57 bits per heavy atom. The van der Waals surface area contributed by atoms with E-state index >= 15 is 0 Å². The molecular weight excluding hydrogens is 266 g/mol. The predicted octanol–water partition coefficient (Wildman–Crippen LogP) is 2.77. The summed E-state index contributed by atoms with van der Waals surface area (Å²) < 4.78 is 5.38. The van der Waals surface area contributed by atoms with Crippen LogP contribution in [0.4, 0.5) is 0 Å². The van der Waals surface area contributed by atoms with Gasteiger partial charge in [0.2, 0.25) is 6.23 Å². The molecule has 0 saturated carbocycles. The molecule has 1 aliphatic rings. The van der Waals surface area contributed by atoms with Gasteiger partial charge in [-0.05, 0) is 19.1 Å². The van der Waals surface area contributed by atoms with E-state index in [2.05, 4.69) is 0 Å². The Morgan fingerprint density at radius 3 is 2.19 bits per heavy atom. The molecule has 0 aromatic heterocycles. The summed E-state index contributed by atoms with van der Waals surface area (Å²) in [5.74, 6) is -0.587. The summed E-state index contributed by atoms with van der Waals surface area (Å²) in [4.78, 5) is 26.1. The van der Waals surface area contributed by atoms with E-state index < -0.39 is 12.3 Å². The molecule has 2 aromatic rings. The van der Waals surface area contributed by atoms with Crippen LogP contribution in [0.1, 0.15) is 29.1 Å². The van der Waals surface area contributed by atoms with Gasteiger partial charge in [-0.2, -0.15) is 0 Å². The summed E-state index contributed by atoms with van der Waals surface area (Å²) in [5, 5.41) is 0. The second-order valence-electron chi connectivity index (χ2n) is 4.95. The molecule has 0 bridgehead atoms. The Morgan fingerprint density at radius 1 is 1.00 bits per heavy atom. The lowest BCUT2D eigenvalue weighted by Gasteiger charge is -2.24. The van der Waals surface area contributed by atoms with Crippen LogP contribution in [0, 0.1) is 0 Å². The summed E-state index contributed by atoms with van der Waals surface area (Å²) in [5.41, 5.74) is 1.34.